The van der Waals surface area contributed by atoms with Crippen LogP contribution in [0.3, 0.4) is 0 Å². The molecule has 5 nitrogen and oxygen atoms in total. The highest BCUT2D eigenvalue weighted by Gasteiger charge is 2.43. The molecule has 0 amide bonds. The summed E-state index contributed by atoms with van der Waals surface area (Å²) >= 11 is 1.51. The predicted octanol–water partition coefficient (Wildman–Crippen LogP) is 5.82. The van der Waals surface area contributed by atoms with Crippen molar-refractivity contribution < 1.29 is 14.2 Å². The summed E-state index contributed by atoms with van der Waals surface area (Å²) in [5.41, 5.74) is 0.889. The molecule has 2 bridgehead atoms. The van der Waals surface area contributed by atoms with Gasteiger partial charge in [-0.3, -0.25) is 4.57 Å². The lowest BCUT2D eigenvalue weighted by molar-refractivity contribution is 0.203. The third-order valence-corrected chi connectivity index (χ3v) is 8.32. The van der Waals surface area contributed by atoms with Gasteiger partial charge in [0.2, 0.25) is 0 Å². The van der Waals surface area contributed by atoms with Gasteiger partial charge in [0, 0.05) is 11.8 Å². The minimum atomic E-state index is -0.586. The molecule has 174 valence electrons. The standard InChI is InChI=1S/C26H30FN3O2S/c1-17(21-14-18-11-12-20(21)13-18)30-25(15-32-24-10-6-5-9-22(24)27)28-29-26(30)33-16-23(31)19-7-3-2-4-8-19/h2-10,17-18,20-21,23,31H,11-16H2,1H3. The third kappa shape index (κ3) is 4.80. The number of nitrogens with zero attached hydrogens (tertiary/aromatic N) is 3. The van der Waals surface area contributed by atoms with E-state index in [9.17, 15) is 9.50 Å². The van der Waals surface area contributed by atoms with Gasteiger partial charge in [-0.05, 0) is 61.6 Å². The van der Waals surface area contributed by atoms with Gasteiger partial charge in [-0.15, -0.1) is 10.2 Å². The Balaban J connectivity index is 1.36. The number of hydrogen-bond acceptors (Lipinski definition) is 5. The van der Waals surface area contributed by atoms with Crippen LogP contribution in [0.2, 0.25) is 0 Å². The average molecular weight is 468 g/mol. The zero-order chi connectivity index (χ0) is 22.8. The molecule has 1 aromatic heterocycles. The number of ether oxygens (including phenoxy) is 1. The van der Waals surface area contributed by atoms with Crippen LogP contribution in [-0.2, 0) is 6.61 Å². The number of halogens is 1. The van der Waals surface area contributed by atoms with Gasteiger partial charge >= 0.3 is 0 Å². The van der Waals surface area contributed by atoms with E-state index in [4.69, 9.17) is 4.74 Å². The van der Waals surface area contributed by atoms with Crippen molar-refractivity contribution in [2.75, 3.05) is 5.75 Å². The average Bonchev–Trinajstić information content (AvgIpc) is 3.58. The molecule has 0 spiro atoms. The second-order valence-electron chi connectivity index (χ2n) is 9.30. The number of fused-ring (bicyclic) bond motifs is 2. The Hall–Kier alpha value is -2.38. The number of thioether (sulfide) groups is 1. The highest BCUT2D eigenvalue weighted by atomic mass is 32.2. The lowest BCUT2D eigenvalue weighted by Crippen LogP contribution is -2.24. The van der Waals surface area contributed by atoms with Crippen LogP contribution in [0.15, 0.2) is 59.8 Å². The topological polar surface area (TPSA) is 60.2 Å². The van der Waals surface area contributed by atoms with Crippen molar-refractivity contribution in [2.24, 2.45) is 17.8 Å². The van der Waals surface area contributed by atoms with Gasteiger partial charge in [0.1, 0.15) is 6.61 Å². The first-order valence-electron chi connectivity index (χ1n) is 11.8. The highest BCUT2D eigenvalue weighted by molar-refractivity contribution is 7.99. The van der Waals surface area contributed by atoms with E-state index >= 15 is 0 Å². The van der Waals surface area contributed by atoms with Crippen LogP contribution < -0.4 is 4.74 Å². The molecule has 2 aliphatic rings. The molecule has 2 aromatic carbocycles. The number of benzene rings is 2. The minimum Gasteiger partial charge on any atom is -0.483 e. The van der Waals surface area contributed by atoms with E-state index in [0.29, 0.717) is 17.5 Å². The van der Waals surface area contributed by atoms with E-state index in [1.807, 2.05) is 30.3 Å². The number of aliphatic hydroxyl groups is 1. The summed E-state index contributed by atoms with van der Waals surface area (Å²) in [6.45, 7) is 2.40. The number of aromatic nitrogens is 3. The van der Waals surface area contributed by atoms with E-state index in [-0.39, 0.29) is 24.2 Å². The largest absolute Gasteiger partial charge is 0.483 e. The van der Waals surface area contributed by atoms with Crippen molar-refractivity contribution in [3.8, 4) is 5.75 Å². The normalized spacial score (nSPS) is 23.5. The van der Waals surface area contributed by atoms with Crippen molar-refractivity contribution >= 4 is 11.8 Å². The molecule has 33 heavy (non-hydrogen) atoms. The molecule has 5 unspecified atom stereocenters. The smallest absolute Gasteiger partial charge is 0.191 e. The first kappa shape index (κ1) is 22.4. The summed E-state index contributed by atoms with van der Waals surface area (Å²) < 4.78 is 22.0. The van der Waals surface area contributed by atoms with Gasteiger partial charge in [-0.1, -0.05) is 60.6 Å². The number of rotatable bonds is 9. The number of hydrogen-bond donors (Lipinski definition) is 1. The molecule has 5 atom stereocenters. The van der Waals surface area contributed by atoms with Gasteiger partial charge in [-0.25, -0.2) is 4.39 Å². The van der Waals surface area contributed by atoms with Crippen molar-refractivity contribution in [1.29, 1.82) is 0 Å². The maximum Gasteiger partial charge on any atom is 0.191 e. The molecule has 3 aromatic rings. The Labute approximate surface area is 198 Å². The summed E-state index contributed by atoms with van der Waals surface area (Å²) in [5.74, 6) is 3.20. The summed E-state index contributed by atoms with van der Waals surface area (Å²) in [6, 6.07) is 16.3. The summed E-state index contributed by atoms with van der Waals surface area (Å²) in [6.07, 6.45) is 4.64. The van der Waals surface area contributed by atoms with Crippen molar-refractivity contribution in [1.82, 2.24) is 14.8 Å². The van der Waals surface area contributed by atoms with Crippen molar-refractivity contribution in [3.63, 3.8) is 0 Å². The van der Waals surface area contributed by atoms with Gasteiger partial charge in [0.05, 0.1) is 6.10 Å². The molecule has 2 aliphatic carbocycles. The molecule has 0 saturated heterocycles. The molecule has 7 heteroatoms. The lowest BCUT2D eigenvalue weighted by Gasteiger charge is -2.30. The van der Waals surface area contributed by atoms with Crippen LogP contribution in [0.1, 0.15) is 56.1 Å². The second kappa shape index (κ2) is 9.85. The number of para-hydroxylation sites is 1. The first-order valence-corrected chi connectivity index (χ1v) is 12.8. The van der Waals surface area contributed by atoms with E-state index in [2.05, 4.69) is 21.7 Å². The van der Waals surface area contributed by atoms with Gasteiger partial charge in [0.15, 0.2) is 22.5 Å². The highest BCUT2D eigenvalue weighted by Crippen LogP contribution is 2.52. The molecule has 5 rings (SSSR count). The van der Waals surface area contributed by atoms with Crippen LogP contribution in [-0.4, -0.2) is 25.6 Å². The monoisotopic (exact) mass is 467 g/mol. The Kier molecular flexibility index (Phi) is 6.69. The second-order valence-corrected chi connectivity index (χ2v) is 10.3. The van der Waals surface area contributed by atoms with Crippen LogP contribution in [0.4, 0.5) is 4.39 Å². The van der Waals surface area contributed by atoms with Gasteiger partial charge in [-0.2, -0.15) is 0 Å². The van der Waals surface area contributed by atoms with Gasteiger partial charge < -0.3 is 9.84 Å². The van der Waals surface area contributed by atoms with Crippen LogP contribution in [0.25, 0.3) is 0 Å². The van der Waals surface area contributed by atoms with E-state index in [1.165, 1.54) is 43.5 Å². The quantitative estimate of drug-likeness (QED) is 0.402. The van der Waals surface area contributed by atoms with Crippen LogP contribution in [0, 0.1) is 23.6 Å². The molecular formula is C26H30FN3O2S. The minimum absolute atomic E-state index is 0.154. The van der Waals surface area contributed by atoms with Crippen molar-refractivity contribution in [2.45, 2.75) is 56.5 Å². The zero-order valence-electron chi connectivity index (χ0n) is 18.8. The maximum absolute atomic E-state index is 14.1. The zero-order valence-corrected chi connectivity index (χ0v) is 19.6. The molecule has 0 radical (unpaired) electrons. The summed E-state index contributed by atoms with van der Waals surface area (Å²) in [5, 5.41) is 20.3. The summed E-state index contributed by atoms with van der Waals surface area (Å²) in [4.78, 5) is 0. The lowest BCUT2D eigenvalue weighted by atomic mass is 9.84. The maximum atomic E-state index is 14.1. The van der Waals surface area contributed by atoms with Crippen molar-refractivity contribution in [3.05, 3.63) is 71.8 Å². The molecule has 0 aliphatic heterocycles. The van der Waals surface area contributed by atoms with E-state index in [1.54, 1.807) is 18.2 Å². The predicted molar refractivity (Wildman–Crippen MR) is 127 cm³/mol. The fourth-order valence-corrected chi connectivity index (χ4v) is 6.63. The van der Waals surface area contributed by atoms with Gasteiger partial charge in [0.25, 0.3) is 0 Å². The fourth-order valence-electron chi connectivity index (χ4n) is 5.62. The molecule has 1 heterocycles. The molecule has 2 saturated carbocycles. The fraction of sp³-hybridized carbons (Fsp3) is 0.462. The molecule has 1 N–H and O–H groups in total. The summed E-state index contributed by atoms with van der Waals surface area (Å²) in [7, 11) is 0. The Morgan fingerprint density at radius 1 is 1.09 bits per heavy atom. The Morgan fingerprint density at radius 3 is 2.61 bits per heavy atom. The molecule has 2 fully saturated rings. The molecular weight excluding hydrogens is 437 g/mol. The van der Waals surface area contributed by atoms with Crippen LogP contribution >= 0.6 is 11.8 Å². The number of aliphatic hydroxyl groups excluding tert-OH is 1. The SMILES string of the molecule is CC(C1CC2CCC1C2)n1c(COc2ccccc2F)nnc1SCC(O)c1ccccc1. The first-order chi connectivity index (χ1) is 16.1. The Morgan fingerprint density at radius 2 is 1.88 bits per heavy atom. The van der Waals surface area contributed by atoms with Crippen LogP contribution in [0.5, 0.6) is 5.75 Å². The van der Waals surface area contributed by atoms with E-state index < -0.39 is 6.10 Å². The van der Waals surface area contributed by atoms with E-state index in [0.717, 1.165) is 22.6 Å². The third-order valence-electron chi connectivity index (χ3n) is 7.30. The Bertz CT molecular complexity index is 1080.